The zero-order valence-corrected chi connectivity index (χ0v) is 13.4. The lowest BCUT2D eigenvalue weighted by molar-refractivity contribution is -0.121. The molecule has 120 valence electrons. The van der Waals surface area contributed by atoms with E-state index in [4.69, 9.17) is 4.74 Å². The number of carbonyl (C=O) groups excluding carboxylic acids is 1. The average Bonchev–Trinajstić information content (AvgIpc) is 2.56. The predicted octanol–water partition coefficient (Wildman–Crippen LogP) is 2.90. The quantitative estimate of drug-likeness (QED) is 0.760. The summed E-state index contributed by atoms with van der Waals surface area (Å²) in [7, 11) is 1.58. The van der Waals surface area contributed by atoms with Gasteiger partial charge in [-0.25, -0.2) is 4.98 Å². The van der Waals surface area contributed by atoms with E-state index in [1.54, 1.807) is 19.4 Å². The third-order valence-corrected chi connectivity index (χ3v) is 3.85. The van der Waals surface area contributed by atoms with E-state index < -0.39 is 0 Å². The molecule has 1 amide bonds. The van der Waals surface area contributed by atoms with Crippen LogP contribution in [-0.4, -0.2) is 30.6 Å². The molecule has 1 aromatic rings. The third-order valence-electron chi connectivity index (χ3n) is 3.85. The first-order valence-electron chi connectivity index (χ1n) is 7.91. The van der Waals surface area contributed by atoms with Gasteiger partial charge >= 0.3 is 0 Å². The van der Waals surface area contributed by atoms with E-state index >= 15 is 0 Å². The lowest BCUT2D eigenvalue weighted by atomic mass is 9.97. The Labute approximate surface area is 132 Å². The number of ether oxygens (including phenoxy) is 1. The van der Waals surface area contributed by atoms with E-state index in [1.807, 2.05) is 13.0 Å². The number of nitrogens with zero attached hydrogens (tertiary/aromatic N) is 1. The van der Waals surface area contributed by atoms with Gasteiger partial charge in [0.15, 0.2) is 0 Å². The molecule has 2 rings (SSSR count). The van der Waals surface area contributed by atoms with E-state index in [9.17, 15) is 4.79 Å². The van der Waals surface area contributed by atoms with Gasteiger partial charge in [0.05, 0.1) is 19.0 Å². The largest absolute Gasteiger partial charge is 0.481 e. The Balaban J connectivity index is 1.72. The van der Waals surface area contributed by atoms with Crippen LogP contribution < -0.4 is 15.4 Å². The van der Waals surface area contributed by atoms with Gasteiger partial charge in [-0.05, 0) is 45.1 Å². The second-order valence-electron chi connectivity index (χ2n) is 5.60. The molecular formula is C17H25N3O2. The van der Waals surface area contributed by atoms with Crippen molar-refractivity contribution in [1.29, 1.82) is 0 Å². The van der Waals surface area contributed by atoms with E-state index in [-0.39, 0.29) is 11.9 Å². The van der Waals surface area contributed by atoms with Crippen molar-refractivity contribution in [2.24, 2.45) is 0 Å². The maximum absolute atomic E-state index is 12.1. The summed E-state index contributed by atoms with van der Waals surface area (Å²) >= 11 is 0. The molecule has 0 bridgehead atoms. The molecule has 0 radical (unpaired) electrons. The number of nitrogens with one attached hydrogen (secondary N) is 2. The van der Waals surface area contributed by atoms with Gasteiger partial charge in [-0.15, -0.1) is 0 Å². The molecule has 0 saturated carbocycles. The molecule has 22 heavy (non-hydrogen) atoms. The fourth-order valence-electron chi connectivity index (χ4n) is 2.53. The molecule has 2 N–H and O–H groups in total. The smallest absolute Gasteiger partial charge is 0.242 e. The highest BCUT2D eigenvalue weighted by Gasteiger charge is 2.12. The Kier molecular flexibility index (Phi) is 6.25. The number of aromatic nitrogens is 1. The number of anilines is 1. The van der Waals surface area contributed by atoms with Gasteiger partial charge in [-0.1, -0.05) is 11.6 Å². The molecule has 5 nitrogen and oxygen atoms in total. The highest BCUT2D eigenvalue weighted by atomic mass is 16.5. The summed E-state index contributed by atoms with van der Waals surface area (Å²) in [5, 5.41) is 6.12. The number of carbonyl (C=O) groups is 1. The first kappa shape index (κ1) is 16.3. The summed E-state index contributed by atoms with van der Waals surface area (Å²) in [6.45, 7) is 2.55. The van der Waals surface area contributed by atoms with Crippen LogP contribution in [0.1, 0.15) is 39.0 Å². The molecule has 0 saturated heterocycles. The number of pyridine rings is 1. The minimum absolute atomic E-state index is 0.00669. The van der Waals surface area contributed by atoms with E-state index in [0.29, 0.717) is 12.4 Å². The molecule has 5 heteroatoms. The lowest BCUT2D eigenvalue weighted by Gasteiger charge is -2.16. The lowest BCUT2D eigenvalue weighted by Crippen LogP contribution is -2.38. The van der Waals surface area contributed by atoms with Crippen LogP contribution in [0, 0.1) is 0 Å². The van der Waals surface area contributed by atoms with Gasteiger partial charge < -0.3 is 15.4 Å². The van der Waals surface area contributed by atoms with Crippen LogP contribution in [0.2, 0.25) is 0 Å². The van der Waals surface area contributed by atoms with Crippen molar-refractivity contribution in [2.75, 3.05) is 19.0 Å². The maximum Gasteiger partial charge on any atom is 0.242 e. The van der Waals surface area contributed by atoms with Crippen molar-refractivity contribution in [1.82, 2.24) is 10.3 Å². The first-order valence-corrected chi connectivity index (χ1v) is 7.91. The maximum atomic E-state index is 12.1. The Morgan fingerprint density at radius 1 is 1.41 bits per heavy atom. The van der Waals surface area contributed by atoms with Crippen molar-refractivity contribution in [3.63, 3.8) is 0 Å². The molecule has 0 fully saturated rings. The summed E-state index contributed by atoms with van der Waals surface area (Å²) in [6, 6.07) is 3.32. The summed E-state index contributed by atoms with van der Waals surface area (Å²) in [4.78, 5) is 16.2. The van der Waals surface area contributed by atoms with Crippen LogP contribution in [0.4, 0.5) is 5.69 Å². The van der Waals surface area contributed by atoms with E-state index in [1.165, 1.54) is 31.3 Å². The number of hydrogen-bond donors (Lipinski definition) is 2. The molecule has 1 aliphatic rings. The van der Waals surface area contributed by atoms with Crippen LogP contribution in [0.5, 0.6) is 5.88 Å². The molecule has 1 aliphatic carbocycles. The van der Waals surface area contributed by atoms with Crippen LogP contribution in [0.15, 0.2) is 30.0 Å². The van der Waals surface area contributed by atoms with Gasteiger partial charge in [0.1, 0.15) is 6.04 Å². The van der Waals surface area contributed by atoms with Crippen molar-refractivity contribution in [3.05, 3.63) is 30.0 Å². The van der Waals surface area contributed by atoms with Gasteiger partial charge in [-0.3, -0.25) is 4.79 Å². The van der Waals surface area contributed by atoms with Gasteiger partial charge in [0.2, 0.25) is 11.8 Å². The monoisotopic (exact) mass is 303 g/mol. The number of amides is 1. The molecule has 1 heterocycles. The normalized spacial score (nSPS) is 15.6. The summed E-state index contributed by atoms with van der Waals surface area (Å²) < 4.78 is 5.01. The molecule has 0 spiro atoms. The van der Waals surface area contributed by atoms with E-state index in [0.717, 1.165) is 12.1 Å². The number of allylic oxidation sites excluding steroid dienone is 1. The number of hydrogen-bond acceptors (Lipinski definition) is 4. The average molecular weight is 303 g/mol. The van der Waals surface area contributed by atoms with E-state index in [2.05, 4.69) is 21.7 Å². The standard InChI is InChI=1S/C17H25N3O2/c1-13(20-15-8-9-16(22-2)19-12-15)17(21)18-11-10-14-6-4-3-5-7-14/h6,8-9,12-13,20H,3-5,7,10-11H2,1-2H3,(H,18,21)/t13-/m0/s1. The second kappa shape index (κ2) is 8.41. The molecule has 1 atom stereocenters. The fourth-order valence-corrected chi connectivity index (χ4v) is 2.53. The number of rotatable bonds is 7. The van der Waals surface area contributed by atoms with Gasteiger partial charge in [0, 0.05) is 12.6 Å². The zero-order chi connectivity index (χ0) is 15.8. The highest BCUT2D eigenvalue weighted by molar-refractivity contribution is 5.84. The highest BCUT2D eigenvalue weighted by Crippen LogP contribution is 2.19. The molecule has 0 aliphatic heterocycles. The zero-order valence-electron chi connectivity index (χ0n) is 13.4. The topological polar surface area (TPSA) is 63.2 Å². The molecular weight excluding hydrogens is 278 g/mol. The molecule has 1 aromatic heterocycles. The summed E-state index contributed by atoms with van der Waals surface area (Å²) in [5.74, 6) is 0.565. The summed E-state index contributed by atoms with van der Waals surface area (Å²) in [6.07, 6.45) is 9.89. The Hall–Kier alpha value is -2.04. The SMILES string of the molecule is COc1ccc(N[C@@H](C)C(=O)NCCC2=CCCCC2)cn1. The Bertz CT molecular complexity index is 511. The van der Waals surface area contributed by atoms with Crippen LogP contribution >= 0.6 is 0 Å². The third kappa shape index (κ3) is 5.06. The van der Waals surface area contributed by atoms with Gasteiger partial charge in [-0.2, -0.15) is 0 Å². The van der Waals surface area contributed by atoms with Crippen LogP contribution in [0.3, 0.4) is 0 Å². The Morgan fingerprint density at radius 3 is 2.91 bits per heavy atom. The molecule has 0 unspecified atom stereocenters. The van der Waals surface area contributed by atoms with Crippen molar-refractivity contribution < 1.29 is 9.53 Å². The van der Waals surface area contributed by atoms with Gasteiger partial charge in [0.25, 0.3) is 0 Å². The minimum Gasteiger partial charge on any atom is -0.481 e. The number of methoxy groups -OCH3 is 1. The van der Waals surface area contributed by atoms with Crippen molar-refractivity contribution in [2.45, 2.75) is 45.1 Å². The first-order chi connectivity index (χ1) is 10.7. The van der Waals surface area contributed by atoms with Crippen molar-refractivity contribution in [3.8, 4) is 5.88 Å². The predicted molar refractivity (Wildman–Crippen MR) is 88.1 cm³/mol. The summed E-state index contributed by atoms with van der Waals surface area (Å²) in [5.41, 5.74) is 2.28. The van der Waals surface area contributed by atoms with Crippen LogP contribution in [0.25, 0.3) is 0 Å². The minimum atomic E-state index is -0.296. The van der Waals surface area contributed by atoms with Crippen LogP contribution in [-0.2, 0) is 4.79 Å². The molecule has 0 aromatic carbocycles. The fraction of sp³-hybridized carbons (Fsp3) is 0.529. The Morgan fingerprint density at radius 2 is 2.27 bits per heavy atom. The second-order valence-corrected chi connectivity index (χ2v) is 5.60. The van der Waals surface area contributed by atoms with Crippen molar-refractivity contribution >= 4 is 11.6 Å².